The smallest absolute Gasteiger partial charge is 0.225 e. The van der Waals surface area contributed by atoms with Gasteiger partial charge in [0, 0.05) is 44.2 Å². The summed E-state index contributed by atoms with van der Waals surface area (Å²) in [4.78, 5) is 25.3. The Balaban J connectivity index is 1.78. The monoisotopic (exact) mass is 312 g/mol. The third kappa shape index (κ3) is 3.14. The number of aromatic nitrogens is 2. The highest BCUT2D eigenvalue weighted by molar-refractivity contribution is 5.81. The number of amides is 1. The lowest BCUT2D eigenvalue weighted by Crippen LogP contribution is -2.40. The number of hydrogen-bond donors (Lipinski definition) is 0. The molecule has 5 heteroatoms. The summed E-state index contributed by atoms with van der Waals surface area (Å²) < 4.78 is 0. The van der Waals surface area contributed by atoms with E-state index >= 15 is 0 Å². The minimum absolute atomic E-state index is 0.143. The van der Waals surface area contributed by atoms with E-state index in [0.717, 1.165) is 48.5 Å². The van der Waals surface area contributed by atoms with Crippen LogP contribution in [0.5, 0.6) is 0 Å². The van der Waals surface area contributed by atoms with E-state index in [1.165, 1.54) is 5.56 Å². The SMILES string of the molecule is Cc1cc(C)c2ccc(N3CCC(C(=O)N(C)C)CC3)nc2n1. The summed E-state index contributed by atoms with van der Waals surface area (Å²) in [6.45, 7) is 5.83. The average molecular weight is 312 g/mol. The molecule has 122 valence electrons. The molecule has 23 heavy (non-hydrogen) atoms. The minimum atomic E-state index is 0.143. The molecular formula is C18H24N4O. The molecule has 1 aliphatic heterocycles. The van der Waals surface area contributed by atoms with Crippen molar-refractivity contribution in [1.29, 1.82) is 0 Å². The number of aryl methyl sites for hydroxylation is 2. The van der Waals surface area contributed by atoms with Crippen LogP contribution in [0.3, 0.4) is 0 Å². The Hall–Kier alpha value is -2.17. The van der Waals surface area contributed by atoms with Crippen LogP contribution in [-0.4, -0.2) is 48.0 Å². The number of rotatable bonds is 2. The Morgan fingerprint density at radius 2 is 1.87 bits per heavy atom. The first kappa shape index (κ1) is 15.7. The molecule has 0 aliphatic carbocycles. The fourth-order valence-corrected chi connectivity index (χ4v) is 3.32. The molecule has 0 saturated carbocycles. The predicted octanol–water partition coefficient (Wildman–Crippen LogP) is 2.55. The third-order valence-corrected chi connectivity index (χ3v) is 4.60. The van der Waals surface area contributed by atoms with Crippen LogP contribution >= 0.6 is 0 Å². The molecule has 0 aromatic carbocycles. The Bertz CT molecular complexity index is 733. The van der Waals surface area contributed by atoms with E-state index in [9.17, 15) is 4.79 Å². The van der Waals surface area contributed by atoms with Crippen LogP contribution in [0.2, 0.25) is 0 Å². The lowest BCUT2D eigenvalue weighted by atomic mass is 9.95. The second kappa shape index (κ2) is 6.14. The molecular weight excluding hydrogens is 288 g/mol. The van der Waals surface area contributed by atoms with Crippen LogP contribution in [0.4, 0.5) is 5.82 Å². The lowest BCUT2D eigenvalue weighted by molar-refractivity contribution is -0.133. The van der Waals surface area contributed by atoms with Crippen molar-refractivity contribution in [2.24, 2.45) is 5.92 Å². The summed E-state index contributed by atoms with van der Waals surface area (Å²) in [7, 11) is 3.66. The number of pyridine rings is 2. The Labute approximate surface area is 137 Å². The van der Waals surface area contributed by atoms with E-state index in [4.69, 9.17) is 4.98 Å². The van der Waals surface area contributed by atoms with Crippen LogP contribution in [0.1, 0.15) is 24.1 Å². The molecule has 0 bridgehead atoms. The number of anilines is 1. The maximum absolute atomic E-state index is 12.1. The second-order valence-electron chi connectivity index (χ2n) is 6.62. The van der Waals surface area contributed by atoms with Gasteiger partial charge in [0.2, 0.25) is 5.91 Å². The van der Waals surface area contributed by atoms with Gasteiger partial charge in [-0.2, -0.15) is 0 Å². The van der Waals surface area contributed by atoms with Gasteiger partial charge in [0.05, 0.1) is 0 Å². The van der Waals surface area contributed by atoms with E-state index < -0.39 is 0 Å². The van der Waals surface area contributed by atoms with Crippen LogP contribution in [-0.2, 0) is 4.79 Å². The molecule has 3 rings (SSSR count). The predicted molar refractivity (Wildman–Crippen MR) is 92.6 cm³/mol. The first-order chi connectivity index (χ1) is 11.0. The van der Waals surface area contributed by atoms with Gasteiger partial charge in [-0.05, 0) is 50.5 Å². The fourth-order valence-electron chi connectivity index (χ4n) is 3.32. The summed E-state index contributed by atoms with van der Waals surface area (Å²) in [5.41, 5.74) is 3.02. The molecule has 1 fully saturated rings. The summed E-state index contributed by atoms with van der Waals surface area (Å²) in [5.74, 6) is 1.35. The van der Waals surface area contributed by atoms with Crippen molar-refractivity contribution in [3.63, 3.8) is 0 Å². The molecule has 1 aliphatic rings. The second-order valence-corrected chi connectivity index (χ2v) is 6.62. The molecule has 5 nitrogen and oxygen atoms in total. The highest BCUT2D eigenvalue weighted by atomic mass is 16.2. The minimum Gasteiger partial charge on any atom is -0.356 e. The van der Waals surface area contributed by atoms with Gasteiger partial charge in [-0.3, -0.25) is 4.79 Å². The zero-order chi connectivity index (χ0) is 16.6. The lowest BCUT2D eigenvalue weighted by Gasteiger charge is -2.33. The van der Waals surface area contributed by atoms with Gasteiger partial charge in [-0.1, -0.05) is 0 Å². The number of hydrogen-bond acceptors (Lipinski definition) is 4. The fraction of sp³-hybridized carbons (Fsp3) is 0.500. The van der Waals surface area contributed by atoms with Gasteiger partial charge in [-0.15, -0.1) is 0 Å². The zero-order valence-corrected chi connectivity index (χ0v) is 14.3. The number of carbonyl (C=O) groups excluding carboxylic acids is 1. The normalized spacial score (nSPS) is 15.9. The van der Waals surface area contributed by atoms with Gasteiger partial charge >= 0.3 is 0 Å². The molecule has 2 aromatic heterocycles. The molecule has 0 N–H and O–H groups in total. The van der Waals surface area contributed by atoms with Crippen molar-refractivity contribution in [2.75, 3.05) is 32.1 Å². The third-order valence-electron chi connectivity index (χ3n) is 4.60. The standard InChI is InChI=1S/C18H24N4O/c1-12-11-13(2)19-17-15(12)5-6-16(20-17)22-9-7-14(8-10-22)18(23)21(3)4/h5-6,11,14H,7-10H2,1-4H3. The van der Waals surface area contributed by atoms with Crippen molar-refractivity contribution in [3.8, 4) is 0 Å². The van der Waals surface area contributed by atoms with Crippen molar-refractivity contribution in [1.82, 2.24) is 14.9 Å². The first-order valence-electron chi connectivity index (χ1n) is 8.17. The van der Waals surface area contributed by atoms with E-state index in [2.05, 4.69) is 35.0 Å². The highest BCUT2D eigenvalue weighted by Gasteiger charge is 2.26. The number of piperidine rings is 1. The van der Waals surface area contributed by atoms with E-state index in [-0.39, 0.29) is 11.8 Å². The van der Waals surface area contributed by atoms with Gasteiger partial charge in [0.15, 0.2) is 5.65 Å². The van der Waals surface area contributed by atoms with Crippen molar-refractivity contribution in [3.05, 3.63) is 29.5 Å². The van der Waals surface area contributed by atoms with Crippen LogP contribution in [0, 0.1) is 19.8 Å². The van der Waals surface area contributed by atoms with Gasteiger partial charge in [-0.25, -0.2) is 9.97 Å². The van der Waals surface area contributed by atoms with E-state index in [0.29, 0.717) is 0 Å². The van der Waals surface area contributed by atoms with Crippen molar-refractivity contribution in [2.45, 2.75) is 26.7 Å². The highest BCUT2D eigenvalue weighted by Crippen LogP contribution is 2.25. The molecule has 3 heterocycles. The summed E-state index contributed by atoms with van der Waals surface area (Å²) in [6, 6.07) is 6.26. The number of carbonyl (C=O) groups is 1. The molecule has 1 saturated heterocycles. The Morgan fingerprint density at radius 3 is 2.52 bits per heavy atom. The van der Waals surface area contributed by atoms with Gasteiger partial charge in [0.25, 0.3) is 0 Å². The maximum atomic E-state index is 12.1. The Morgan fingerprint density at radius 1 is 1.17 bits per heavy atom. The average Bonchev–Trinajstić information content (AvgIpc) is 2.53. The van der Waals surface area contributed by atoms with Crippen LogP contribution < -0.4 is 4.90 Å². The molecule has 0 atom stereocenters. The summed E-state index contributed by atoms with van der Waals surface area (Å²) >= 11 is 0. The zero-order valence-electron chi connectivity index (χ0n) is 14.3. The van der Waals surface area contributed by atoms with Crippen molar-refractivity contribution < 1.29 is 4.79 Å². The van der Waals surface area contributed by atoms with Gasteiger partial charge in [0.1, 0.15) is 5.82 Å². The molecule has 0 unspecified atom stereocenters. The van der Waals surface area contributed by atoms with Crippen molar-refractivity contribution >= 4 is 22.8 Å². The van der Waals surface area contributed by atoms with E-state index in [1.54, 1.807) is 4.90 Å². The quantitative estimate of drug-likeness (QED) is 0.855. The Kier molecular flexibility index (Phi) is 4.20. The molecule has 2 aromatic rings. The summed E-state index contributed by atoms with van der Waals surface area (Å²) in [6.07, 6.45) is 1.77. The maximum Gasteiger partial charge on any atom is 0.225 e. The van der Waals surface area contributed by atoms with Gasteiger partial charge < -0.3 is 9.80 Å². The van der Waals surface area contributed by atoms with Crippen LogP contribution in [0.15, 0.2) is 18.2 Å². The largest absolute Gasteiger partial charge is 0.356 e. The van der Waals surface area contributed by atoms with Crippen LogP contribution in [0.25, 0.3) is 11.0 Å². The molecule has 0 spiro atoms. The summed E-state index contributed by atoms with van der Waals surface area (Å²) in [5, 5.41) is 1.11. The number of nitrogens with zero attached hydrogens (tertiary/aromatic N) is 4. The van der Waals surface area contributed by atoms with E-state index in [1.807, 2.05) is 21.0 Å². The molecule has 0 radical (unpaired) electrons. The number of fused-ring (bicyclic) bond motifs is 1. The topological polar surface area (TPSA) is 49.3 Å². The molecule has 1 amide bonds. The first-order valence-corrected chi connectivity index (χ1v) is 8.17.